The van der Waals surface area contributed by atoms with Crippen LogP contribution in [0.4, 0.5) is 0 Å². The second-order valence-electron chi connectivity index (χ2n) is 5.10. The first-order valence-electron chi connectivity index (χ1n) is 6.31. The minimum absolute atomic E-state index is 0.176. The van der Waals surface area contributed by atoms with Gasteiger partial charge in [-0.2, -0.15) is 0 Å². The minimum Gasteiger partial charge on any atom is -0.454 e. The topological polar surface area (TPSA) is 41.9 Å². The van der Waals surface area contributed by atoms with Crippen LogP contribution in [0.2, 0.25) is 0 Å². The monoisotopic (exact) mass is 251 g/mol. The Morgan fingerprint density at radius 1 is 1.28 bits per heavy atom. The van der Waals surface area contributed by atoms with Crippen molar-refractivity contribution in [2.45, 2.75) is 26.4 Å². The van der Waals surface area contributed by atoms with Crippen LogP contribution in [-0.4, -0.2) is 36.5 Å². The molecule has 0 fully saturated rings. The lowest BCUT2D eigenvalue weighted by Crippen LogP contribution is -2.38. The van der Waals surface area contributed by atoms with E-state index in [1.54, 1.807) is 0 Å². The van der Waals surface area contributed by atoms with Crippen LogP contribution in [0.15, 0.2) is 18.2 Å². The Morgan fingerprint density at radius 2 is 2.00 bits per heavy atom. The lowest BCUT2D eigenvalue weighted by atomic mass is 10.0. The summed E-state index contributed by atoms with van der Waals surface area (Å²) in [5.74, 6) is 2.05. The van der Waals surface area contributed by atoms with E-state index in [1.165, 1.54) is 5.56 Å². The maximum absolute atomic E-state index is 9.41. The van der Waals surface area contributed by atoms with E-state index in [0.717, 1.165) is 18.0 Å². The highest BCUT2D eigenvalue weighted by molar-refractivity contribution is 5.44. The maximum atomic E-state index is 9.41. The van der Waals surface area contributed by atoms with Crippen LogP contribution in [0.1, 0.15) is 19.4 Å². The largest absolute Gasteiger partial charge is 0.454 e. The van der Waals surface area contributed by atoms with Gasteiger partial charge in [0.1, 0.15) is 0 Å². The number of aliphatic hydroxyl groups is 1. The zero-order chi connectivity index (χ0) is 13.1. The molecule has 1 N–H and O–H groups in total. The van der Waals surface area contributed by atoms with Crippen LogP contribution >= 0.6 is 0 Å². The van der Waals surface area contributed by atoms with Crippen molar-refractivity contribution >= 4 is 0 Å². The summed E-state index contributed by atoms with van der Waals surface area (Å²) in [6.07, 6.45) is 0. The van der Waals surface area contributed by atoms with Crippen LogP contribution in [0, 0.1) is 5.92 Å². The van der Waals surface area contributed by atoms with E-state index < -0.39 is 0 Å². The Balaban J connectivity index is 2.05. The first-order chi connectivity index (χ1) is 8.61. The van der Waals surface area contributed by atoms with Crippen LogP contribution < -0.4 is 9.47 Å². The number of ether oxygens (including phenoxy) is 2. The van der Waals surface area contributed by atoms with E-state index in [-0.39, 0.29) is 12.6 Å². The van der Waals surface area contributed by atoms with Crippen molar-refractivity contribution in [1.82, 2.24) is 4.90 Å². The van der Waals surface area contributed by atoms with Crippen LogP contribution in [-0.2, 0) is 6.54 Å². The third kappa shape index (κ3) is 2.76. The molecule has 18 heavy (non-hydrogen) atoms. The Kier molecular flexibility index (Phi) is 4.09. The maximum Gasteiger partial charge on any atom is 0.231 e. The second kappa shape index (κ2) is 5.59. The van der Waals surface area contributed by atoms with Gasteiger partial charge in [-0.25, -0.2) is 0 Å². The predicted molar refractivity (Wildman–Crippen MR) is 69.7 cm³/mol. The summed E-state index contributed by atoms with van der Waals surface area (Å²) in [4.78, 5) is 2.17. The van der Waals surface area contributed by atoms with Crippen molar-refractivity contribution < 1.29 is 14.6 Å². The SMILES string of the molecule is CC(C)C(CO)N(C)Cc1ccc2c(c1)OCO2. The second-order valence-corrected chi connectivity index (χ2v) is 5.10. The molecule has 0 bridgehead atoms. The summed E-state index contributed by atoms with van der Waals surface area (Å²) >= 11 is 0. The molecule has 2 rings (SSSR count). The Hall–Kier alpha value is -1.26. The van der Waals surface area contributed by atoms with Gasteiger partial charge in [0.25, 0.3) is 0 Å². The first-order valence-corrected chi connectivity index (χ1v) is 6.31. The highest BCUT2D eigenvalue weighted by atomic mass is 16.7. The number of fused-ring (bicyclic) bond motifs is 1. The molecule has 1 atom stereocenters. The molecule has 0 spiro atoms. The number of hydrogen-bond acceptors (Lipinski definition) is 4. The molecule has 1 unspecified atom stereocenters. The molecule has 0 aromatic heterocycles. The highest BCUT2D eigenvalue weighted by Gasteiger charge is 2.19. The summed E-state index contributed by atoms with van der Waals surface area (Å²) in [5, 5.41) is 9.41. The van der Waals surface area contributed by atoms with Crippen LogP contribution in [0.25, 0.3) is 0 Å². The first kappa shape index (κ1) is 13.2. The standard InChI is InChI=1S/C14H21NO3/c1-10(2)12(8-16)15(3)7-11-4-5-13-14(6-11)18-9-17-13/h4-6,10,12,16H,7-9H2,1-3H3. The quantitative estimate of drug-likeness (QED) is 0.867. The molecule has 0 saturated heterocycles. The van der Waals surface area contributed by atoms with Gasteiger partial charge in [0.15, 0.2) is 11.5 Å². The zero-order valence-corrected chi connectivity index (χ0v) is 11.2. The molecule has 100 valence electrons. The molecule has 4 heteroatoms. The number of likely N-dealkylation sites (N-methyl/N-ethyl adjacent to an activating group) is 1. The molecule has 0 saturated carbocycles. The molecule has 1 heterocycles. The Bertz CT molecular complexity index is 406. The van der Waals surface area contributed by atoms with Crippen LogP contribution in [0.5, 0.6) is 11.5 Å². The molecule has 0 aliphatic carbocycles. The van der Waals surface area contributed by atoms with E-state index in [2.05, 4.69) is 18.7 Å². The van der Waals surface area contributed by atoms with Crippen molar-refractivity contribution in [2.24, 2.45) is 5.92 Å². The lowest BCUT2D eigenvalue weighted by Gasteiger charge is -2.29. The van der Waals surface area contributed by atoms with Gasteiger partial charge in [-0.15, -0.1) is 0 Å². The number of rotatable bonds is 5. The van der Waals surface area contributed by atoms with Gasteiger partial charge in [0, 0.05) is 12.6 Å². The fraction of sp³-hybridized carbons (Fsp3) is 0.571. The third-order valence-electron chi connectivity index (χ3n) is 3.39. The molecule has 1 aromatic carbocycles. The fourth-order valence-corrected chi connectivity index (χ4v) is 2.30. The van der Waals surface area contributed by atoms with Gasteiger partial charge in [-0.1, -0.05) is 19.9 Å². The third-order valence-corrected chi connectivity index (χ3v) is 3.39. The molecule has 0 radical (unpaired) electrons. The van der Waals surface area contributed by atoms with Gasteiger partial charge in [-0.05, 0) is 30.7 Å². The van der Waals surface area contributed by atoms with Crippen molar-refractivity contribution in [3.8, 4) is 11.5 Å². The highest BCUT2D eigenvalue weighted by Crippen LogP contribution is 2.32. The normalized spacial score (nSPS) is 15.4. The summed E-state index contributed by atoms with van der Waals surface area (Å²) in [6.45, 7) is 5.52. The average Bonchev–Trinajstić information content (AvgIpc) is 2.76. The van der Waals surface area contributed by atoms with E-state index in [9.17, 15) is 5.11 Å². The summed E-state index contributed by atoms with van der Waals surface area (Å²) in [5.41, 5.74) is 1.17. The van der Waals surface area contributed by atoms with Crippen molar-refractivity contribution in [1.29, 1.82) is 0 Å². The zero-order valence-electron chi connectivity index (χ0n) is 11.2. The van der Waals surface area contributed by atoms with Gasteiger partial charge in [0.2, 0.25) is 6.79 Å². The van der Waals surface area contributed by atoms with E-state index in [1.807, 2.05) is 25.2 Å². The van der Waals surface area contributed by atoms with Crippen LogP contribution in [0.3, 0.4) is 0 Å². The van der Waals surface area contributed by atoms with E-state index in [0.29, 0.717) is 12.7 Å². The fourth-order valence-electron chi connectivity index (χ4n) is 2.30. The number of nitrogens with zero attached hydrogens (tertiary/aromatic N) is 1. The predicted octanol–water partition coefficient (Wildman–Crippen LogP) is 1.86. The smallest absolute Gasteiger partial charge is 0.231 e. The molecule has 1 aliphatic heterocycles. The van der Waals surface area contributed by atoms with Crippen molar-refractivity contribution in [3.05, 3.63) is 23.8 Å². The van der Waals surface area contributed by atoms with E-state index >= 15 is 0 Å². The van der Waals surface area contributed by atoms with Gasteiger partial charge >= 0.3 is 0 Å². The van der Waals surface area contributed by atoms with Gasteiger partial charge in [0.05, 0.1) is 6.61 Å². The number of hydrogen-bond donors (Lipinski definition) is 1. The minimum atomic E-state index is 0.176. The Morgan fingerprint density at radius 3 is 2.67 bits per heavy atom. The Labute approximate surface area is 108 Å². The van der Waals surface area contributed by atoms with Crippen molar-refractivity contribution in [3.63, 3.8) is 0 Å². The number of aliphatic hydroxyl groups excluding tert-OH is 1. The summed E-state index contributed by atoms with van der Waals surface area (Å²) in [6, 6.07) is 6.16. The lowest BCUT2D eigenvalue weighted by molar-refractivity contribution is 0.108. The molecule has 1 aliphatic rings. The van der Waals surface area contributed by atoms with Gasteiger partial charge in [-0.3, -0.25) is 4.90 Å². The van der Waals surface area contributed by atoms with Crippen molar-refractivity contribution in [2.75, 3.05) is 20.4 Å². The molecule has 4 nitrogen and oxygen atoms in total. The molecule has 0 amide bonds. The number of benzene rings is 1. The van der Waals surface area contributed by atoms with E-state index in [4.69, 9.17) is 9.47 Å². The van der Waals surface area contributed by atoms with Gasteiger partial charge < -0.3 is 14.6 Å². The summed E-state index contributed by atoms with van der Waals surface area (Å²) < 4.78 is 10.7. The average molecular weight is 251 g/mol. The molecular weight excluding hydrogens is 230 g/mol. The summed E-state index contributed by atoms with van der Waals surface area (Å²) in [7, 11) is 2.03. The molecule has 1 aromatic rings. The molecular formula is C14H21NO3.